The highest BCUT2D eigenvalue weighted by Crippen LogP contribution is 2.14. The van der Waals surface area contributed by atoms with Gasteiger partial charge < -0.3 is 14.6 Å². The molecule has 0 spiro atoms. The van der Waals surface area contributed by atoms with Crippen molar-refractivity contribution in [1.29, 1.82) is 0 Å². The normalized spacial score (nSPS) is 10.5. The molecule has 2 aromatic heterocycles. The molecule has 0 unspecified atom stereocenters. The molecule has 28 heavy (non-hydrogen) atoms. The van der Waals surface area contributed by atoms with Crippen LogP contribution in [0, 0.1) is 0 Å². The minimum atomic E-state index is -0.384. The zero-order valence-electron chi connectivity index (χ0n) is 15.4. The molecule has 8 heteroatoms. The Balaban J connectivity index is 1.45. The molecule has 8 nitrogen and oxygen atoms in total. The number of aromatic nitrogens is 3. The molecule has 0 saturated heterocycles. The molecule has 1 N–H and O–H groups in total. The average molecular weight is 380 g/mol. The molecule has 0 saturated carbocycles. The van der Waals surface area contributed by atoms with Crippen molar-refractivity contribution in [2.45, 2.75) is 26.2 Å². The molecule has 0 radical (unpaired) electrons. The number of benzene rings is 1. The highest BCUT2D eigenvalue weighted by Gasteiger charge is 2.11. The maximum atomic E-state index is 12.1. The van der Waals surface area contributed by atoms with Crippen LogP contribution in [0.25, 0.3) is 11.5 Å². The largest absolute Gasteiger partial charge is 0.462 e. The van der Waals surface area contributed by atoms with E-state index >= 15 is 0 Å². The van der Waals surface area contributed by atoms with Crippen molar-refractivity contribution in [2.75, 3.05) is 11.9 Å². The second-order valence-corrected chi connectivity index (χ2v) is 5.93. The first-order valence-corrected chi connectivity index (χ1v) is 8.96. The number of nitrogens with one attached hydrogen (secondary N) is 1. The Kier molecular flexibility index (Phi) is 6.46. The summed E-state index contributed by atoms with van der Waals surface area (Å²) in [4.78, 5) is 32.1. The minimum absolute atomic E-state index is 0.131. The molecule has 0 aliphatic rings. The Bertz CT molecular complexity index is 923. The van der Waals surface area contributed by atoms with E-state index in [1.54, 1.807) is 43.5 Å². The smallest absolute Gasteiger partial charge is 0.338 e. The van der Waals surface area contributed by atoms with Crippen LogP contribution in [-0.2, 0) is 16.0 Å². The summed E-state index contributed by atoms with van der Waals surface area (Å²) in [6, 6.07) is 12.0. The van der Waals surface area contributed by atoms with Gasteiger partial charge in [0.25, 0.3) is 0 Å². The molecule has 3 aromatic rings. The lowest BCUT2D eigenvalue weighted by Gasteiger charge is -2.06. The van der Waals surface area contributed by atoms with E-state index in [-0.39, 0.29) is 11.9 Å². The van der Waals surface area contributed by atoms with Gasteiger partial charge in [-0.3, -0.25) is 9.78 Å². The Morgan fingerprint density at radius 3 is 2.68 bits per heavy atom. The van der Waals surface area contributed by atoms with Crippen molar-refractivity contribution in [3.63, 3.8) is 0 Å². The third kappa shape index (κ3) is 5.23. The first kappa shape index (κ1) is 19.2. The molecule has 0 fully saturated rings. The number of pyridine rings is 1. The van der Waals surface area contributed by atoms with Gasteiger partial charge in [-0.2, -0.15) is 4.98 Å². The number of anilines is 1. The van der Waals surface area contributed by atoms with Gasteiger partial charge in [-0.15, -0.1) is 0 Å². The quantitative estimate of drug-likeness (QED) is 0.598. The monoisotopic (exact) mass is 380 g/mol. The maximum Gasteiger partial charge on any atom is 0.338 e. The fourth-order valence-electron chi connectivity index (χ4n) is 2.48. The van der Waals surface area contributed by atoms with Crippen LogP contribution in [0.1, 0.15) is 36.0 Å². The van der Waals surface area contributed by atoms with Crippen molar-refractivity contribution in [1.82, 2.24) is 15.1 Å². The van der Waals surface area contributed by atoms with Gasteiger partial charge in [0.2, 0.25) is 17.6 Å². The molecule has 1 amide bonds. The van der Waals surface area contributed by atoms with E-state index in [0.717, 1.165) is 0 Å². The number of ether oxygens (including phenoxy) is 1. The highest BCUT2D eigenvalue weighted by atomic mass is 16.5. The topological polar surface area (TPSA) is 107 Å². The molecule has 2 heterocycles. The van der Waals surface area contributed by atoms with E-state index in [0.29, 0.717) is 54.5 Å². The standard InChI is InChI=1S/C20H20N4O4/c1-2-27-20(26)14-9-11-15(12-10-14)22-17(25)7-5-8-18-23-19(24-28-18)16-6-3-4-13-21-16/h3-4,6,9-13H,2,5,7-8H2,1H3,(H,22,25). The molecule has 1 aromatic carbocycles. The van der Waals surface area contributed by atoms with Crippen molar-refractivity contribution < 1.29 is 18.8 Å². The molecule has 0 atom stereocenters. The molecule has 0 aliphatic heterocycles. The summed E-state index contributed by atoms with van der Waals surface area (Å²) in [5.74, 6) is 0.382. The molecule has 144 valence electrons. The van der Waals surface area contributed by atoms with E-state index in [1.165, 1.54) is 0 Å². The second-order valence-electron chi connectivity index (χ2n) is 5.93. The van der Waals surface area contributed by atoms with Crippen LogP contribution in [-0.4, -0.2) is 33.6 Å². The molecular formula is C20H20N4O4. The third-order valence-corrected chi connectivity index (χ3v) is 3.84. The highest BCUT2D eigenvalue weighted by molar-refractivity contribution is 5.93. The number of carbonyl (C=O) groups is 2. The van der Waals surface area contributed by atoms with Crippen LogP contribution in [0.3, 0.4) is 0 Å². The van der Waals surface area contributed by atoms with Gasteiger partial charge in [-0.05, 0) is 49.7 Å². The lowest BCUT2D eigenvalue weighted by molar-refractivity contribution is -0.116. The fraction of sp³-hybridized carbons (Fsp3) is 0.250. The predicted octanol–water partition coefficient (Wildman–Crippen LogP) is 3.27. The summed E-state index contributed by atoms with van der Waals surface area (Å²) in [7, 11) is 0. The van der Waals surface area contributed by atoms with Crippen LogP contribution in [0.2, 0.25) is 0 Å². The van der Waals surface area contributed by atoms with Crippen molar-refractivity contribution in [3.05, 3.63) is 60.1 Å². The van der Waals surface area contributed by atoms with Crippen molar-refractivity contribution in [2.24, 2.45) is 0 Å². The number of carbonyl (C=O) groups excluding carboxylic acids is 2. The number of nitrogens with zero attached hydrogens (tertiary/aromatic N) is 3. The Morgan fingerprint density at radius 2 is 1.96 bits per heavy atom. The summed E-state index contributed by atoms with van der Waals surface area (Å²) < 4.78 is 10.1. The number of esters is 1. The van der Waals surface area contributed by atoms with E-state index in [1.807, 2.05) is 12.1 Å². The summed E-state index contributed by atoms with van der Waals surface area (Å²) in [6.45, 7) is 2.07. The van der Waals surface area contributed by atoms with E-state index in [2.05, 4.69) is 20.4 Å². The van der Waals surface area contributed by atoms with Gasteiger partial charge in [0.15, 0.2) is 0 Å². The second kappa shape index (κ2) is 9.40. The maximum absolute atomic E-state index is 12.1. The molecule has 0 aliphatic carbocycles. The SMILES string of the molecule is CCOC(=O)c1ccc(NC(=O)CCCc2nc(-c3ccccn3)no2)cc1. The lowest BCUT2D eigenvalue weighted by Crippen LogP contribution is -2.12. The number of aryl methyl sites for hydroxylation is 1. The van der Waals surface area contributed by atoms with E-state index < -0.39 is 0 Å². The van der Waals surface area contributed by atoms with Gasteiger partial charge in [-0.1, -0.05) is 11.2 Å². The van der Waals surface area contributed by atoms with Crippen molar-refractivity contribution in [3.8, 4) is 11.5 Å². The summed E-state index contributed by atoms with van der Waals surface area (Å²) in [5, 5.41) is 6.69. The predicted molar refractivity (Wildman–Crippen MR) is 101 cm³/mol. The van der Waals surface area contributed by atoms with E-state index in [9.17, 15) is 9.59 Å². The summed E-state index contributed by atoms with van der Waals surface area (Å²) >= 11 is 0. The molecule has 3 rings (SSSR count). The van der Waals surface area contributed by atoms with Gasteiger partial charge in [0.1, 0.15) is 5.69 Å². The van der Waals surface area contributed by atoms with Gasteiger partial charge in [0.05, 0.1) is 12.2 Å². The third-order valence-electron chi connectivity index (χ3n) is 3.84. The Morgan fingerprint density at radius 1 is 1.14 bits per heavy atom. The number of rotatable bonds is 8. The number of hydrogen-bond donors (Lipinski definition) is 1. The van der Waals surface area contributed by atoms with Crippen LogP contribution in [0.5, 0.6) is 0 Å². The fourth-order valence-corrected chi connectivity index (χ4v) is 2.48. The van der Waals surface area contributed by atoms with Crippen LogP contribution >= 0.6 is 0 Å². The van der Waals surface area contributed by atoms with Crippen LogP contribution < -0.4 is 5.32 Å². The minimum Gasteiger partial charge on any atom is -0.462 e. The zero-order chi connectivity index (χ0) is 19.8. The lowest BCUT2D eigenvalue weighted by atomic mass is 10.2. The first-order valence-electron chi connectivity index (χ1n) is 8.96. The first-order chi connectivity index (χ1) is 13.7. The zero-order valence-corrected chi connectivity index (χ0v) is 15.4. The number of amides is 1. The van der Waals surface area contributed by atoms with Crippen molar-refractivity contribution >= 4 is 17.6 Å². The Labute approximate surface area is 161 Å². The van der Waals surface area contributed by atoms with Gasteiger partial charge in [-0.25, -0.2) is 4.79 Å². The van der Waals surface area contributed by atoms with Crippen LogP contribution in [0.15, 0.2) is 53.2 Å². The van der Waals surface area contributed by atoms with E-state index in [4.69, 9.17) is 9.26 Å². The summed E-state index contributed by atoms with van der Waals surface area (Å²) in [5.41, 5.74) is 1.70. The molecule has 0 bridgehead atoms. The number of hydrogen-bond acceptors (Lipinski definition) is 7. The molecular weight excluding hydrogens is 360 g/mol. The van der Waals surface area contributed by atoms with Gasteiger partial charge >= 0.3 is 5.97 Å². The van der Waals surface area contributed by atoms with Crippen LogP contribution in [0.4, 0.5) is 5.69 Å². The Hall–Kier alpha value is -3.55. The summed E-state index contributed by atoms with van der Waals surface area (Å²) in [6.07, 6.45) is 3.03. The average Bonchev–Trinajstić information content (AvgIpc) is 3.18. The van der Waals surface area contributed by atoms with Gasteiger partial charge in [0, 0.05) is 24.7 Å².